The molecule has 0 bridgehead atoms. The minimum Gasteiger partial charge on any atom is -0.465 e. The fraction of sp³-hybridized carbons (Fsp3) is 0.294. The number of nitrogens with zero attached hydrogens (tertiary/aromatic N) is 2. The number of thioether (sulfide) groups is 1. The Balaban J connectivity index is 1.66. The first-order valence-electron chi connectivity index (χ1n) is 8.00. The molecule has 1 amide bonds. The Labute approximate surface area is 158 Å². The summed E-state index contributed by atoms with van der Waals surface area (Å²) in [6.07, 6.45) is 0. The molecular formula is C17H18N4O3S2. The fourth-order valence-corrected chi connectivity index (χ4v) is 3.96. The van der Waals surface area contributed by atoms with Gasteiger partial charge in [-0.1, -0.05) is 23.1 Å². The van der Waals surface area contributed by atoms with Crippen molar-refractivity contribution in [2.24, 2.45) is 0 Å². The highest BCUT2D eigenvalue weighted by molar-refractivity contribution is 8.01. The molecule has 0 aliphatic rings. The van der Waals surface area contributed by atoms with Gasteiger partial charge in [0.1, 0.15) is 0 Å². The third-order valence-corrected chi connectivity index (χ3v) is 5.76. The average Bonchev–Trinajstić information content (AvgIpc) is 3.18. The van der Waals surface area contributed by atoms with E-state index in [1.165, 1.54) is 23.1 Å². The fourth-order valence-electron chi connectivity index (χ4n) is 2.41. The molecule has 9 heteroatoms. The molecule has 0 saturated heterocycles. The Morgan fingerprint density at radius 3 is 2.88 bits per heavy atom. The van der Waals surface area contributed by atoms with Crippen LogP contribution in [-0.2, 0) is 9.53 Å². The first kappa shape index (κ1) is 18.4. The van der Waals surface area contributed by atoms with Crippen molar-refractivity contribution in [1.29, 1.82) is 0 Å². The molecule has 2 N–H and O–H groups in total. The lowest BCUT2D eigenvalue weighted by Crippen LogP contribution is -2.11. The molecule has 2 heterocycles. The number of esters is 1. The van der Waals surface area contributed by atoms with Crippen LogP contribution in [0.1, 0.15) is 28.5 Å². The third-order valence-electron chi connectivity index (χ3n) is 3.82. The van der Waals surface area contributed by atoms with Crippen LogP contribution in [0.4, 0.5) is 5.13 Å². The smallest absolute Gasteiger partial charge is 0.316 e. The summed E-state index contributed by atoms with van der Waals surface area (Å²) in [7, 11) is 0. The van der Waals surface area contributed by atoms with Gasteiger partial charge in [0, 0.05) is 22.2 Å². The van der Waals surface area contributed by atoms with Crippen molar-refractivity contribution in [3.63, 3.8) is 0 Å². The number of benzene rings is 1. The number of fused-ring (bicyclic) bond motifs is 1. The van der Waals surface area contributed by atoms with Gasteiger partial charge in [-0.05, 0) is 44.5 Å². The van der Waals surface area contributed by atoms with Crippen LogP contribution in [0.25, 0.3) is 10.9 Å². The Morgan fingerprint density at radius 1 is 1.31 bits per heavy atom. The predicted molar refractivity (Wildman–Crippen MR) is 103 cm³/mol. The highest BCUT2D eigenvalue weighted by Gasteiger charge is 2.14. The van der Waals surface area contributed by atoms with Gasteiger partial charge >= 0.3 is 5.97 Å². The number of carbonyl (C=O) groups is 2. The van der Waals surface area contributed by atoms with E-state index in [1.54, 1.807) is 13.0 Å². The zero-order valence-electron chi connectivity index (χ0n) is 14.6. The predicted octanol–water partition coefficient (Wildman–Crippen LogP) is 3.54. The van der Waals surface area contributed by atoms with Gasteiger partial charge < -0.3 is 9.72 Å². The summed E-state index contributed by atoms with van der Waals surface area (Å²) in [5.74, 6) is -0.383. The Bertz CT molecular complexity index is 964. The van der Waals surface area contributed by atoms with Gasteiger partial charge in [0.05, 0.1) is 12.4 Å². The van der Waals surface area contributed by atoms with Gasteiger partial charge in [-0.2, -0.15) is 0 Å². The van der Waals surface area contributed by atoms with E-state index in [0.717, 1.165) is 22.2 Å². The summed E-state index contributed by atoms with van der Waals surface area (Å²) in [6.45, 7) is 6.13. The number of amides is 1. The van der Waals surface area contributed by atoms with E-state index >= 15 is 0 Å². The largest absolute Gasteiger partial charge is 0.465 e. The van der Waals surface area contributed by atoms with Crippen LogP contribution in [0.2, 0.25) is 0 Å². The standard InChI is InChI=1S/C17H18N4O3S2/c1-4-24-14(22)8-25-17-21-20-16(26-17)19-15(23)11-5-6-13-12(7-11)9(2)10(3)18-13/h5-7,18H,4,8H2,1-3H3,(H,19,20,23). The van der Waals surface area contributed by atoms with Crippen molar-refractivity contribution >= 4 is 51.0 Å². The summed E-state index contributed by atoms with van der Waals surface area (Å²) in [6, 6.07) is 5.52. The summed E-state index contributed by atoms with van der Waals surface area (Å²) < 4.78 is 5.46. The number of H-pyrrole nitrogens is 1. The number of aryl methyl sites for hydroxylation is 2. The number of aromatic amines is 1. The van der Waals surface area contributed by atoms with E-state index in [1.807, 2.05) is 26.0 Å². The minimum absolute atomic E-state index is 0.166. The van der Waals surface area contributed by atoms with Gasteiger partial charge in [-0.3, -0.25) is 14.9 Å². The third kappa shape index (κ3) is 4.05. The van der Waals surface area contributed by atoms with Gasteiger partial charge in [0.25, 0.3) is 5.91 Å². The van der Waals surface area contributed by atoms with Crippen LogP contribution < -0.4 is 5.32 Å². The van der Waals surface area contributed by atoms with E-state index in [4.69, 9.17) is 4.74 Å². The molecule has 1 aromatic carbocycles. The van der Waals surface area contributed by atoms with Crippen molar-refractivity contribution in [3.8, 4) is 0 Å². The minimum atomic E-state index is -0.302. The van der Waals surface area contributed by atoms with Crippen LogP contribution in [0.5, 0.6) is 0 Å². The van der Waals surface area contributed by atoms with Crippen LogP contribution in [0.15, 0.2) is 22.5 Å². The van der Waals surface area contributed by atoms with Gasteiger partial charge in [0.2, 0.25) is 5.13 Å². The average molecular weight is 390 g/mol. The number of hydrogen-bond acceptors (Lipinski definition) is 7. The molecule has 0 fully saturated rings. The van der Waals surface area contributed by atoms with E-state index in [2.05, 4.69) is 20.5 Å². The lowest BCUT2D eigenvalue weighted by molar-refractivity contribution is -0.139. The molecule has 3 aromatic rings. The zero-order valence-corrected chi connectivity index (χ0v) is 16.2. The first-order chi connectivity index (χ1) is 12.5. The number of rotatable bonds is 6. The van der Waals surface area contributed by atoms with Crippen molar-refractivity contribution in [2.75, 3.05) is 17.7 Å². The molecular weight excluding hydrogens is 372 g/mol. The molecule has 136 valence electrons. The summed E-state index contributed by atoms with van der Waals surface area (Å²) >= 11 is 2.46. The van der Waals surface area contributed by atoms with Crippen molar-refractivity contribution in [2.45, 2.75) is 25.1 Å². The van der Waals surface area contributed by atoms with E-state index in [0.29, 0.717) is 21.6 Å². The highest BCUT2D eigenvalue weighted by atomic mass is 32.2. The molecule has 0 aliphatic carbocycles. The monoisotopic (exact) mass is 390 g/mol. The molecule has 3 rings (SSSR count). The molecule has 0 saturated carbocycles. The summed E-state index contributed by atoms with van der Waals surface area (Å²) in [5, 5.41) is 12.1. The van der Waals surface area contributed by atoms with Gasteiger partial charge in [0.15, 0.2) is 4.34 Å². The van der Waals surface area contributed by atoms with Crippen molar-refractivity contribution in [3.05, 3.63) is 35.0 Å². The van der Waals surface area contributed by atoms with E-state index in [-0.39, 0.29) is 17.6 Å². The molecule has 0 unspecified atom stereocenters. The second-order valence-corrected chi connectivity index (χ2v) is 7.76. The zero-order chi connectivity index (χ0) is 18.7. The Morgan fingerprint density at radius 2 is 2.12 bits per heavy atom. The maximum atomic E-state index is 12.5. The molecule has 0 atom stereocenters. The van der Waals surface area contributed by atoms with Crippen molar-refractivity contribution < 1.29 is 14.3 Å². The topological polar surface area (TPSA) is 97.0 Å². The molecule has 0 spiro atoms. The molecule has 7 nitrogen and oxygen atoms in total. The SMILES string of the molecule is CCOC(=O)CSc1nnc(NC(=O)c2ccc3[nH]c(C)c(C)c3c2)s1. The van der Waals surface area contributed by atoms with Crippen molar-refractivity contribution in [1.82, 2.24) is 15.2 Å². The molecule has 2 aromatic heterocycles. The quantitative estimate of drug-likeness (QED) is 0.380. The Kier molecular flexibility index (Phi) is 5.58. The number of nitrogens with one attached hydrogen (secondary N) is 2. The van der Waals surface area contributed by atoms with Crippen LogP contribution in [0.3, 0.4) is 0 Å². The normalized spacial score (nSPS) is 10.9. The lowest BCUT2D eigenvalue weighted by atomic mass is 10.1. The summed E-state index contributed by atoms with van der Waals surface area (Å²) in [4.78, 5) is 27.1. The summed E-state index contributed by atoms with van der Waals surface area (Å²) in [5.41, 5.74) is 3.77. The van der Waals surface area contributed by atoms with E-state index in [9.17, 15) is 9.59 Å². The number of carbonyl (C=O) groups excluding carboxylic acids is 2. The van der Waals surface area contributed by atoms with Crippen LogP contribution in [0, 0.1) is 13.8 Å². The highest BCUT2D eigenvalue weighted by Crippen LogP contribution is 2.27. The molecule has 26 heavy (non-hydrogen) atoms. The number of ether oxygens (including phenoxy) is 1. The van der Waals surface area contributed by atoms with Crippen LogP contribution in [-0.4, -0.2) is 39.4 Å². The van der Waals surface area contributed by atoms with Crippen LogP contribution >= 0.6 is 23.1 Å². The van der Waals surface area contributed by atoms with Gasteiger partial charge in [-0.15, -0.1) is 10.2 Å². The maximum Gasteiger partial charge on any atom is 0.316 e. The van der Waals surface area contributed by atoms with Gasteiger partial charge in [-0.25, -0.2) is 0 Å². The second-order valence-electron chi connectivity index (χ2n) is 5.56. The molecule has 0 radical (unpaired) electrons. The van der Waals surface area contributed by atoms with E-state index < -0.39 is 0 Å². The molecule has 0 aliphatic heterocycles. The first-order valence-corrected chi connectivity index (χ1v) is 9.80. The number of hydrogen-bond donors (Lipinski definition) is 2. The lowest BCUT2D eigenvalue weighted by Gasteiger charge is -2.02. The number of aromatic nitrogens is 3. The second kappa shape index (κ2) is 7.88. The maximum absolute atomic E-state index is 12.5. The number of anilines is 1. The Hall–Kier alpha value is -2.39.